The second-order valence-electron chi connectivity index (χ2n) is 36.6. The molecule has 0 aliphatic heterocycles. The van der Waals surface area contributed by atoms with Crippen molar-refractivity contribution in [2.75, 3.05) is 0 Å². The van der Waals surface area contributed by atoms with E-state index in [-0.39, 0.29) is 59.3 Å². The van der Waals surface area contributed by atoms with Crippen LogP contribution in [0.1, 0.15) is 169 Å². The fourth-order valence-electron chi connectivity index (χ4n) is 15.6. The van der Waals surface area contributed by atoms with E-state index in [0.29, 0.717) is 22.1 Å². The molecule has 0 unspecified atom stereocenters. The zero-order valence-electron chi connectivity index (χ0n) is 68.4. The predicted octanol–water partition coefficient (Wildman–Crippen LogP) is 27.4. The first kappa shape index (κ1) is 83.3. The van der Waals surface area contributed by atoms with Gasteiger partial charge in [0.05, 0.1) is 53.9 Å². The quantitative estimate of drug-likeness (QED) is 0.166. The summed E-state index contributed by atoms with van der Waals surface area (Å²) in [5, 5.41) is 11.0. The molecule has 114 heavy (non-hydrogen) atoms. The van der Waals surface area contributed by atoms with Gasteiger partial charge in [-0.05, 0) is 250 Å². The monoisotopic (exact) mass is 1770 g/mol. The molecule has 0 saturated carbocycles. The molecule has 0 amide bonds. The molecule has 0 spiro atoms. The van der Waals surface area contributed by atoms with E-state index in [1.54, 1.807) is 28.2 Å². The molecule has 0 aliphatic rings. The number of hydrogen-bond acceptors (Lipinski definition) is 5. The van der Waals surface area contributed by atoms with Crippen molar-refractivity contribution in [2.24, 2.45) is 0 Å². The molecule has 5 heterocycles. The zero-order valence-corrected chi connectivity index (χ0v) is 75.1. The number of H-pyrrole nitrogens is 1. The molecule has 0 fully saturated rings. The van der Waals surface area contributed by atoms with Crippen molar-refractivity contribution in [1.82, 2.24) is 22.1 Å². The van der Waals surface area contributed by atoms with Crippen molar-refractivity contribution in [3.05, 3.63) is 284 Å². The number of halogens is 2. The van der Waals surface area contributed by atoms with Crippen LogP contribution in [0.5, 0.6) is 0 Å². The Morgan fingerprint density at radius 1 is 0.272 bits per heavy atom. The molecule has 17 aromatic rings. The maximum atomic E-state index is 15.0. The topological polar surface area (TPSA) is 121 Å². The number of fused-ring (bicyclic) bond motifs is 15. The molecule has 0 saturated heterocycles. The Morgan fingerprint density at radius 2 is 0.491 bits per heavy atom. The Hall–Kier alpha value is -8.66. The van der Waals surface area contributed by atoms with E-state index in [1.807, 2.05) is 86.6 Å². The molecule has 17 rings (SSSR count). The van der Waals surface area contributed by atoms with Crippen molar-refractivity contribution >= 4 is 161 Å². The third-order valence-corrected chi connectivity index (χ3v) is 26.8. The van der Waals surface area contributed by atoms with Crippen LogP contribution in [0.4, 0.5) is 0 Å². The van der Waals surface area contributed by atoms with E-state index in [1.165, 1.54) is 80.7 Å². The first-order valence-corrected chi connectivity index (χ1v) is 43.3. The summed E-state index contributed by atoms with van der Waals surface area (Å²) in [7, 11) is -7.71. The average Bonchev–Trinajstić information content (AvgIpc) is 1.55. The summed E-state index contributed by atoms with van der Waals surface area (Å²) in [5.41, 5.74) is 21.7. The number of rotatable bonds is 6. The molecule has 1 radical (unpaired) electrons. The first-order chi connectivity index (χ1) is 52.9. The molecule has 0 aliphatic carbocycles. The van der Waals surface area contributed by atoms with Crippen molar-refractivity contribution in [3.8, 4) is 11.4 Å². The number of aryl methyl sites for hydroxylation is 2. The van der Waals surface area contributed by atoms with Gasteiger partial charge in [0.25, 0.3) is 20.0 Å². The number of aromatic nitrogens is 5. The summed E-state index contributed by atoms with van der Waals surface area (Å²) in [5.74, 6) is 0. The fraction of sp³-hybridized carbons (Fsp3) is 0.265. The molecule has 0 bridgehead atoms. The second-order valence-corrected chi connectivity index (χ2v) is 42.0. The van der Waals surface area contributed by atoms with Gasteiger partial charge in [0.2, 0.25) is 0 Å². The van der Waals surface area contributed by atoms with Gasteiger partial charge in [0.1, 0.15) is 0 Å². The molecule has 16 heteroatoms. The van der Waals surface area contributed by atoms with E-state index in [4.69, 9.17) is 3.83 Å². The summed E-state index contributed by atoms with van der Waals surface area (Å²) in [6.45, 7) is 44.7. The van der Waals surface area contributed by atoms with Crippen LogP contribution in [0.25, 0.3) is 120 Å². The van der Waals surface area contributed by atoms with Gasteiger partial charge in [0, 0.05) is 102 Å². The van der Waals surface area contributed by atoms with Crippen molar-refractivity contribution in [2.45, 2.75) is 181 Å². The van der Waals surface area contributed by atoms with Gasteiger partial charge in [-0.3, -0.25) is 0 Å². The summed E-state index contributed by atoms with van der Waals surface area (Å²) in [6, 6.07) is 79.1. The molecule has 5 aromatic heterocycles. The second kappa shape index (κ2) is 30.1. The average molecular weight is 1780 g/mol. The number of aromatic amines is 1. The maximum absolute atomic E-state index is 15.0. The van der Waals surface area contributed by atoms with E-state index in [9.17, 15) is 16.8 Å². The number of nitrogens with zero attached hydrogens (tertiary/aromatic N) is 4. The Morgan fingerprint density at radius 3 is 0.754 bits per heavy atom. The van der Waals surface area contributed by atoms with Crippen LogP contribution >= 0.6 is 31.9 Å². The molecule has 12 aromatic carbocycles. The zero-order chi connectivity index (χ0) is 81.5. The molecule has 10 nitrogen and oxygen atoms in total. The number of benzene rings is 12. The van der Waals surface area contributed by atoms with Gasteiger partial charge in [-0.1, -0.05) is 228 Å². The van der Waals surface area contributed by atoms with E-state index >= 15 is 0 Å². The fourth-order valence-corrected chi connectivity index (χ4v) is 19.4. The van der Waals surface area contributed by atoms with Gasteiger partial charge in [-0.15, -0.1) is 0 Å². The standard InChI is InChI=1S/C59H61N3O2S.C20H25N.C19H13Br2NO2S.2Cu.O/c1-36-14-22-43(23-15-36)65(63,64)62-54-28-20-41(60-50-24-16-37(56(2,3)4)30-44(50)45-31-38(57(5,6)7)17-25-51(45)60)34-48(54)49-35-42(21-29-55(49)62)61-52-26-18-39(58(8,9)10)32-46(52)47-33-40(59(11,12)13)19-27-53(47)61;1-19(2,3)13-7-9-17-15(11-13)16-12-14(20(4,5)6)8-10-18(16)21-17;1-12-2-6-15(7-3-12)25(23,24)22-18-8-4-13(20)10-16(18)17-11-14(21)5-9-19(17)22;;;/h14-35H,1-13H3;7-12,21H,1-6H3;2-11H,1H3;;;. The van der Waals surface area contributed by atoms with Crippen LogP contribution in [-0.4, -0.2) is 38.9 Å². The van der Waals surface area contributed by atoms with Gasteiger partial charge >= 0.3 is 19.8 Å². The third kappa shape index (κ3) is 15.4. The minimum atomic E-state index is -4.01. The molecular formula is C98H99Br2Cu2N5O5S2. The van der Waals surface area contributed by atoms with Crippen molar-refractivity contribution in [3.63, 3.8) is 0 Å². The normalized spacial score (nSPS) is 12.8. The van der Waals surface area contributed by atoms with E-state index in [0.717, 1.165) is 75.1 Å². The minimum absolute atomic E-state index is 0. The number of hydrogen-bond donors (Lipinski definition) is 1. The van der Waals surface area contributed by atoms with Crippen LogP contribution in [0.15, 0.2) is 249 Å². The Bertz CT molecular complexity index is 6440. The SMILES string of the molecule is CC(C)(C)c1ccc2[nH]c3ccc(C(C)(C)C)cc3c2c1.Cc1ccc(S(=O)(=O)n2c3ccc(-n4c5ccc(C(C)(C)C)cc5c5cc(C(C)(C)C)ccc54)cc3c3cc(-n4c5ccc(C(C)(C)C)cc5c5cc(C(C)(C)C)ccc54)ccc32)cc1.Cc1ccc(S(=O)(=O)n2c3ccc(Br)cc3c3cc(Br)ccc32)cc1.[Cu].[O]=[Cu]. The summed E-state index contributed by atoms with van der Waals surface area (Å²) < 4.78 is 74.0. The van der Waals surface area contributed by atoms with Crippen LogP contribution in [0, 0.1) is 13.8 Å². The molecule has 594 valence electrons. The molecule has 0 atom stereocenters. The van der Waals surface area contributed by atoms with E-state index in [2.05, 4.69) is 320 Å². The van der Waals surface area contributed by atoms with Gasteiger partial charge in [0.15, 0.2) is 0 Å². The third-order valence-electron chi connectivity index (χ3n) is 22.3. The summed E-state index contributed by atoms with van der Waals surface area (Å²) in [6.07, 6.45) is 0. The summed E-state index contributed by atoms with van der Waals surface area (Å²) in [4.78, 5) is 4.07. The Kier molecular flexibility index (Phi) is 22.0. The van der Waals surface area contributed by atoms with Crippen LogP contribution in [0.2, 0.25) is 0 Å². The Labute approximate surface area is 706 Å². The number of nitrogens with one attached hydrogen (secondary N) is 1. The van der Waals surface area contributed by atoms with Crippen LogP contribution in [0.3, 0.4) is 0 Å². The van der Waals surface area contributed by atoms with Crippen molar-refractivity contribution < 1.29 is 53.7 Å². The van der Waals surface area contributed by atoms with Crippen LogP contribution in [-0.2, 0) is 89.4 Å². The van der Waals surface area contributed by atoms with Gasteiger partial charge in [-0.2, -0.15) is 0 Å². The van der Waals surface area contributed by atoms with Gasteiger partial charge < -0.3 is 14.1 Å². The van der Waals surface area contributed by atoms with Crippen LogP contribution < -0.4 is 0 Å². The van der Waals surface area contributed by atoms with E-state index < -0.39 is 20.0 Å². The molecule has 1 N–H and O–H groups in total. The Balaban J connectivity index is 0.000000187. The first-order valence-electron chi connectivity index (χ1n) is 38.5. The van der Waals surface area contributed by atoms with Crippen molar-refractivity contribution in [1.29, 1.82) is 0 Å². The molecular weight excluding hydrogens is 1680 g/mol. The summed E-state index contributed by atoms with van der Waals surface area (Å²) >= 11 is 9.90. The van der Waals surface area contributed by atoms with Gasteiger partial charge in [-0.25, -0.2) is 24.8 Å². The predicted molar refractivity (Wildman–Crippen MR) is 479 cm³/mol.